The molecule has 1 saturated heterocycles. The molecule has 6 heteroatoms. The first-order valence-electron chi connectivity index (χ1n) is 6.20. The van der Waals surface area contributed by atoms with Crippen LogP contribution in [0.1, 0.15) is 5.56 Å². The third-order valence-corrected chi connectivity index (χ3v) is 3.62. The lowest BCUT2D eigenvalue weighted by molar-refractivity contribution is -0.115. The van der Waals surface area contributed by atoms with Crippen molar-refractivity contribution in [1.29, 1.82) is 0 Å². The summed E-state index contributed by atoms with van der Waals surface area (Å²) in [5.74, 6) is 0.548. The SMILES string of the molecule is O=C1NC(=Nc2ccccn2)SC1=Cc1ccc(O)cc1. The van der Waals surface area contributed by atoms with Crippen LogP contribution >= 0.6 is 11.8 Å². The lowest BCUT2D eigenvalue weighted by Crippen LogP contribution is -2.19. The molecule has 104 valence electrons. The Morgan fingerprint density at radius 2 is 2.00 bits per heavy atom. The number of aromatic nitrogens is 1. The molecule has 1 aromatic heterocycles. The summed E-state index contributed by atoms with van der Waals surface area (Å²) < 4.78 is 0. The molecule has 2 N–H and O–H groups in total. The number of nitrogens with zero attached hydrogens (tertiary/aromatic N) is 2. The van der Waals surface area contributed by atoms with Crippen molar-refractivity contribution in [3.63, 3.8) is 0 Å². The molecule has 0 spiro atoms. The maximum Gasteiger partial charge on any atom is 0.264 e. The van der Waals surface area contributed by atoms with Gasteiger partial charge in [-0.25, -0.2) is 9.98 Å². The van der Waals surface area contributed by atoms with E-state index in [4.69, 9.17) is 0 Å². The summed E-state index contributed by atoms with van der Waals surface area (Å²) in [7, 11) is 0. The second-order valence-electron chi connectivity index (χ2n) is 4.26. The van der Waals surface area contributed by atoms with Gasteiger partial charge in [0.1, 0.15) is 5.75 Å². The Morgan fingerprint density at radius 3 is 2.71 bits per heavy atom. The summed E-state index contributed by atoms with van der Waals surface area (Å²) >= 11 is 1.26. The number of carbonyl (C=O) groups is 1. The fourth-order valence-corrected chi connectivity index (χ4v) is 2.56. The topological polar surface area (TPSA) is 74.6 Å². The number of amides is 1. The van der Waals surface area contributed by atoms with Crippen LogP contribution in [-0.2, 0) is 4.79 Å². The van der Waals surface area contributed by atoms with Crippen molar-refractivity contribution in [2.75, 3.05) is 0 Å². The van der Waals surface area contributed by atoms with E-state index in [1.165, 1.54) is 11.8 Å². The minimum Gasteiger partial charge on any atom is -0.508 e. The van der Waals surface area contributed by atoms with Crippen molar-refractivity contribution in [2.45, 2.75) is 0 Å². The fraction of sp³-hybridized carbons (Fsp3) is 0. The number of nitrogens with one attached hydrogen (secondary N) is 1. The number of aromatic hydroxyl groups is 1. The van der Waals surface area contributed by atoms with Gasteiger partial charge in [-0.2, -0.15) is 0 Å². The van der Waals surface area contributed by atoms with Crippen LogP contribution in [0.15, 0.2) is 58.6 Å². The van der Waals surface area contributed by atoms with Crippen LogP contribution in [0.2, 0.25) is 0 Å². The summed E-state index contributed by atoms with van der Waals surface area (Å²) in [6.07, 6.45) is 3.40. The van der Waals surface area contributed by atoms with Crippen molar-refractivity contribution in [2.24, 2.45) is 4.99 Å². The van der Waals surface area contributed by atoms with Crippen LogP contribution in [0, 0.1) is 0 Å². The van der Waals surface area contributed by atoms with Gasteiger partial charge in [0.15, 0.2) is 11.0 Å². The number of carbonyl (C=O) groups excluding carboxylic acids is 1. The largest absolute Gasteiger partial charge is 0.508 e. The highest BCUT2D eigenvalue weighted by Gasteiger charge is 2.23. The van der Waals surface area contributed by atoms with Crippen molar-refractivity contribution in [3.05, 3.63) is 59.1 Å². The highest BCUT2D eigenvalue weighted by Crippen LogP contribution is 2.27. The lowest BCUT2D eigenvalue weighted by Gasteiger charge is -1.95. The molecule has 0 bridgehead atoms. The highest BCUT2D eigenvalue weighted by molar-refractivity contribution is 8.18. The van der Waals surface area contributed by atoms with E-state index in [1.807, 2.05) is 6.07 Å². The van der Waals surface area contributed by atoms with E-state index in [1.54, 1.807) is 48.7 Å². The predicted octanol–water partition coefficient (Wildman–Crippen LogP) is 2.68. The Morgan fingerprint density at radius 1 is 1.19 bits per heavy atom. The zero-order chi connectivity index (χ0) is 14.7. The van der Waals surface area contributed by atoms with E-state index in [2.05, 4.69) is 15.3 Å². The standard InChI is InChI=1S/C15H11N3O2S/c19-11-6-4-10(5-7-11)9-12-14(20)18-15(21-12)17-13-3-1-2-8-16-13/h1-9,19H,(H,16,17,18,20). The second-order valence-corrected chi connectivity index (χ2v) is 5.29. The maximum atomic E-state index is 11.9. The van der Waals surface area contributed by atoms with Crippen LogP contribution in [0.25, 0.3) is 6.08 Å². The van der Waals surface area contributed by atoms with E-state index in [9.17, 15) is 9.90 Å². The predicted molar refractivity (Wildman–Crippen MR) is 83.1 cm³/mol. The molecule has 0 atom stereocenters. The molecule has 1 aliphatic rings. The molecule has 5 nitrogen and oxygen atoms in total. The molecule has 0 unspecified atom stereocenters. The van der Waals surface area contributed by atoms with Crippen molar-refractivity contribution in [3.8, 4) is 5.75 Å². The van der Waals surface area contributed by atoms with Gasteiger partial charge in [0.05, 0.1) is 4.91 Å². The van der Waals surface area contributed by atoms with E-state index in [0.717, 1.165) is 5.56 Å². The summed E-state index contributed by atoms with van der Waals surface area (Å²) in [6.45, 7) is 0. The maximum absolute atomic E-state index is 11.9. The van der Waals surface area contributed by atoms with Crippen LogP contribution in [0.5, 0.6) is 5.75 Å². The average molecular weight is 297 g/mol. The van der Waals surface area contributed by atoms with Gasteiger partial charge in [0.2, 0.25) is 0 Å². The Labute approximate surface area is 125 Å². The summed E-state index contributed by atoms with van der Waals surface area (Å²) in [4.78, 5) is 20.8. The van der Waals surface area contributed by atoms with Gasteiger partial charge in [-0.1, -0.05) is 18.2 Å². The van der Waals surface area contributed by atoms with Gasteiger partial charge in [-0.15, -0.1) is 0 Å². The third kappa shape index (κ3) is 3.29. The van der Waals surface area contributed by atoms with Crippen LogP contribution in [0.4, 0.5) is 5.82 Å². The Bertz CT molecular complexity index is 724. The zero-order valence-electron chi connectivity index (χ0n) is 10.9. The average Bonchev–Trinajstić information content (AvgIpc) is 2.82. The van der Waals surface area contributed by atoms with E-state index in [-0.39, 0.29) is 11.7 Å². The number of phenolic OH excluding ortho intramolecular Hbond substituents is 1. The van der Waals surface area contributed by atoms with E-state index >= 15 is 0 Å². The number of phenols is 1. The van der Waals surface area contributed by atoms with Crippen LogP contribution in [0.3, 0.4) is 0 Å². The zero-order valence-corrected chi connectivity index (χ0v) is 11.7. The molecule has 2 heterocycles. The third-order valence-electron chi connectivity index (χ3n) is 2.71. The van der Waals surface area contributed by atoms with Gasteiger partial charge >= 0.3 is 0 Å². The van der Waals surface area contributed by atoms with Gasteiger partial charge in [0.25, 0.3) is 5.91 Å². The molecule has 1 aliphatic heterocycles. The van der Waals surface area contributed by atoms with Gasteiger partial charge < -0.3 is 10.4 Å². The van der Waals surface area contributed by atoms with Gasteiger partial charge in [0, 0.05) is 6.20 Å². The molecular formula is C15H11N3O2S. The highest BCUT2D eigenvalue weighted by atomic mass is 32.2. The number of rotatable bonds is 2. The van der Waals surface area contributed by atoms with Crippen molar-refractivity contribution in [1.82, 2.24) is 10.3 Å². The quantitative estimate of drug-likeness (QED) is 0.836. The molecule has 3 rings (SSSR count). The minimum absolute atomic E-state index is 0.192. The Kier molecular flexibility index (Phi) is 3.70. The van der Waals surface area contributed by atoms with Crippen LogP contribution < -0.4 is 5.32 Å². The van der Waals surface area contributed by atoms with Crippen LogP contribution in [-0.4, -0.2) is 21.2 Å². The Balaban J connectivity index is 1.82. The second kappa shape index (κ2) is 5.80. The number of aliphatic imine (C=N–C) groups is 1. The normalized spacial score (nSPS) is 18.2. The number of amidine groups is 1. The monoisotopic (exact) mass is 297 g/mol. The lowest BCUT2D eigenvalue weighted by atomic mass is 10.2. The first-order chi connectivity index (χ1) is 10.2. The van der Waals surface area contributed by atoms with E-state index in [0.29, 0.717) is 15.9 Å². The summed E-state index contributed by atoms with van der Waals surface area (Å²) in [5.41, 5.74) is 0.838. The number of hydrogen-bond acceptors (Lipinski definition) is 5. The number of benzene rings is 1. The summed E-state index contributed by atoms with van der Waals surface area (Å²) in [6, 6.07) is 12.0. The molecular weight excluding hydrogens is 286 g/mol. The van der Waals surface area contributed by atoms with Gasteiger partial charge in [-0.05, 0) is 47.7 Å². The van der Waals surface area contributed by atoms with Crippen molar-refractivity contribution < 1.29 is 9.90 Å². The molecule has 1 fully saturated rings. The van der Waals surface area contributed by atoms with Gasteiger partial charge in [-0.3, -0.25) is 4.79 Å². The Hall–Kier alpha value is -2.60. The number of hydrogen-bond donors (Lipinski definition) is 2. The molecule has 0 radical (unpaired) electrons. The molecule has 0 aliphatic carbocycles. The first kappa shape index (κ1) is 13.4. The molecule has 1 amide bonds. The molecule has 0 saturated carbocycles. The molecule has 2 aromatic rings. The fourth-order valence-electron chi connectivity index (χ4n) is 1.73. The number of thioether (sulfide) groups is 1. The molecule has 1 aromatic carbocycles. The van der Waals surface area contributed by atoms with Crippen molar-refractivity contribution >= 4 is 34.7 Å². The summed E-state index contributed by atoms with van der Waals surface area (Å²) in [5, 5.41) is 12.4. The first-order valence-corrected chi connectivity index (χ1v) is 7.02. The smallest absolute Gasteiger partial charge is 0.264 e. The molecule has 21 heavy (non-hydrogen) atoms. The minimum atomic E-state index is -0.192. The van der Waals surface area contributed by atoms with E-state index < -0.39 is 0 Å². The number of pyridine rings is 1.